The van der Waals surface area contributed by atoms with Gasteiger partial charge in [0.1, 0.15) is 29.8 Å². The molecule has 2 aliphatic rings. The van der Waals surface area contributed by atoms with E-state index in [4.69, 9.17) is 46.3 Å². The first-order valence-electron chi connectivity index (χ1n) is 17.9. The van der Waals surface area contributed by atoms with Crippen LogP contribution in [0.3, 0.4) is 0 Å². The highest BCUT2D eigenvalue weighted by molar-refractivity contribution is 7.86. The van der Waals surface area contributed by atoms with Crippen LogP contribution in [0.2, 0.25) is 0 Å². The Balaban J connectivity index is 1.79. The number of hydrogen-bond donors (Lipinski definition) is 1. The van der Waals surface area contributed by atoms with Crippen LogP contribution in [-0.2, 0) is 102 Å². The minimum atomic E-state index is -4.41. The predicted molar refractivity (Wildman–Crippen MR) is 197 cm³/mol. The van der Waals surface area contributed by atoms with Gasteiger partial charge in [-0.2, -0.15) is 16.8 Å². The van der Waals surface area contributed by atoms with Crippen LogP contribution < -0.4 is 0 Å². The van der Waals surface area contributed by atoms with Gasteiger partial charge in [-0.15, -0.1) is 0 Å². The average Bonchev–Trinajstić information content (AvgIpc) is 3.11. The summed E-state index contributed by atoms with van der Waals surface area (Å²) >= 11 is 0. The summed E-state index contributed by atoms with van der Waals surface area (Å²) in [4.78, 5) is 62.3. The maximum absolute atomic E-state index is 13.2. The summed E-state index contributed by atoms with van der Waals surface area (Å²) in [5.74, 6) is -8.72. The zero-order chi connectivity index (χ0) is 43.7. The maximum Gasteiger partial charge on any atom is 0.303 e. The lowest BCUT2D eigenvalue weighted by Crippen LogP contribution is -2.69. The van der Waals surface area contributed by atoms with Crippen LogP contribution in [0.4, 0.5) is 0 Å². The molecule has 4 rings (SSSR count). The Morgan fingerprint density at radius 2 is 0.983 bits per heavy atom. The van der Waals surface area contributed by atoms with E-state index in [1.807, 2.05) is 0 Å². The van der Waals surface area contributed by atoms with Crippen LogP contribution in [0.5, 0.6) is 0 Å². The molecule has 1 N–H and O–H groups in total. The van der Waals surface area contributed by atoms with Gasteiger partial charge in [-0.1, -0.05) is 60.7 Å². The van der Waals surface area contributed by atoms with Crippen molar-refractivity contribution in [1.82, 2.24) is 0 Å². The molecule has 2 saturated heterocycles. The summed E-state index contributed by atoms with van der Waals surface area (Å²) < 4.78 is 108. The van der Waals surface area contributed by atoms with Gasteiger partial charge in [0, 0.05) is 34.6 Å². The molecule has 0 bridgehead atoms. The SMILES string of the molecule is CC(=O)O[C@H]1[C@@H](OC(C)=O)[C@@H](COS(=O)(=O)Cc2ccccc2)O[C@@H](O[C@H]2[C@H](OC(C)=O)[C@@H](OC(C)=O)[C@](C)(O)O[C@@H]2COS(=O)(=O)Cc2ccccc2)[C@@H]1OC(C)=O. The first kappa shape index (κ1) is 47.1. The fourth-order valence-corrected chi connectivity index (χ4v) is 8.38. The van der Waals surface area contributed by atoms with Gasteiger partial charge in [0.25, 0.3) is 20.2 Å². The normalized spacial score (nSPS) is 28.4. The van der Waals surface area contributed by atoms with E-state index >= 15 is 0 Å². The maximum atomic E-state index is 13.2. The van der Waals surface area contributed by atoms with Gasteiger partial charge in [0.2, 0.25) is 5.79 Å². The lowest BCUT2D eigenvalue weighted by atomic mass is 9.92. The first-order valence-corrected chi connectivity index (χ1v) is 21.1. The topological polar surface area (TPSA) is 266 Å². The van der Waals surface area contributed by atoms with Gasteiger partial charge < -0.3 is 43.0 Å². The Morgan fingerprint density at radius 1 is 0.576 bits per heavy atom. The fourth-order valence-electron chi connectivity index (χ4n) is 6.33. The number of rotatable bonds is 17. The van der Waals surface area contributed by atoms with Crippen molar-refractivity contribution < 1.29 is 92.2 Å². The molecule has 0 amide bonds. The molecule has 2 fully saturated rings. The highest BCUT2D eigenvalue weighted by Crippen LogP contribution is 2.38. The van der Waals surface area contributed by atoms with Crippen molar-refractivity contribution >= 4 is 50.1 Å². The van der Waals surface area contributed by atoms with Crippen LogP contribution in [0.1, 0.15) is 52.7 Å². The van der Waals surface area contributed by atoms with Crippen LogP contribution in [-0.4, -0.2) is 126 Å². The number of carbonyl (C=O) groups is 5. The summed E-state index contributed by atoms with van der Waals surface area (Å²) in [6.07, 6.45) is -16.5. The Bertz CT molecular complexity index is 2010. The average molecular weight is 875 g/mol. The van der Waals surface area contributed by atoms with Crippen molar-refractivity contribution in [2.45, 2.75) is 114 Å². The van der Waals surface area contributed by atoms with Gasteiger partial charge in [-0.25, -0.2) is 0 Å². The lowest BCUT2D eigenvalue weighted by Gasteiger charge is -2.50. The molecule has 2 aromatic carbocycles. The molecule has 0 saturated carbocycles. The highest BCUT2D eigenvalue weighted by atomic mass is 32.2. The molecule has 0 aromatic heterocycles. The van der Waals surface area contributed by atoms with Crippen LogP contribution >= 0.6 is 0 Å². The number of aliphatic hydroxyl groups is 1. The monoisotopic (exact) mass is 874 g/mol. The molecule has 0 aliphatic carbocycles. The molecule has 22 heteroatoms. The molecule has 2 aromatic rings. The standard InChI is InChI=1S/C37H46O20S2/c1-21(38)50-30-28(17-48-58(44,45)19-26-13-9-7-10-14-26)55-36(34(53-24(4)41)32(30)51-22(2)39)56-31-29(18-49-59(46,47)20-27-15-11-8-12-16-27)57-37(6,43)35(54-25(5)42)33(31)52-23(3)40/h7-16,28-36,43H,17-20H2,1-6H3/t28-,29-,30+,31-,32+,33+,34-,35-,36+,37-/m1/s1. The third-order valence-electron chi connectivity index (χ3n) is 8.49. The molecule has 0 spiro atoms. The Morgan fingerprint density at radius 3 is 1.44 bits per heavy atom. The zero-order valence-electron chi connectivity index (χ0n) is 32.8. The van der Waals surface area contributed by atoms with Crippen molar-refractivity contribution in [3.63, 3.8) is 0 Å². The summed E-state index contributed by atoms with van der Waals surface area (Å²) in [6, 6.07) is 15.9. The second-order valence-corrected chi connectivity index (χ2v) is 16.9. The summed E-state index contributed by atoms with van der Waals surface area (Å²) in [7, 11) is -8.80. The van der Waals surface area contributed by atoms with Gasteiger partial charge in [-0.05, 0) is 18.1 Å². The van der Waals surface area contributed by atoms with Crippen LogP contribution in [0.25, 0.3) is 0 Å². The van der Waals surface area contributed by atoms with Gasteiger partial charge in [0.05, 0.1) is 13.2 Å². The fraction of sp³-hybridized carbons (Fsp3) is 0.541. The van der Waals surface area contributed by atoms with E-state index in [1.54, 1.807) is 36.4 Å². The molecule has 0 unspecified atom stereocenters. The predicted octanol–water partition coefficient (Wildman–Crippen LogP) is 0.956. The Hall–Kier alpha value is -4.55. The van der Waals surface area contributed by atoms with E-state index < -0.39 is 136 Å². The van der Waals surface area contributed by atoms with Gasteiger partial charge in [-0.3, -0.25) is 32.3 Å². The second kappa shape index (κ2) is 20.1. The van der Waals surface area contributed by atoms with E-state index in [0.717, 1.165) is 41.5 Å². The quantitative estimate of drug-likeness (QED) is 0.132. The van der Waals surface area contributed by atoms with E-state index in [2.05, 4.69) is 0 Å². The number of esters is 5. The first-order chi connectivity index (χ1) is 27.6. The van der Waals surface area contributed by atoms with E-state index in [-0.39, 0.29) is 0 Å². The minimum Gasteiger partial charge on any atom is -0.456 e. The van der Waals surface area contributed by atoms with Crippen molar-refractivity contribution in [3.8, 4) is 0 Å². The number of hydrogen-bond acceptors (Lipinski definition) is 20. The molecule has 0 radical (unpaired) electrons. The zero-order valence-corrected chi connectivity index (χ0v) is 34.5. The molecule has 20 nitrogen and oxygen atoms in total. The van der Waals surface area contributed by atoms with E-state index in [1.165, 1.54) is 24.3 Å². The van der Waals surface area contributed by atoms with Crippen molar-refractivity contribution in [2.75, 3.05) is 13.2 Å². The number of benzene rings is 2. The third kappa shape index (κ3) is 14.0. The minimum absolute atomic E-state index is 0.349. The molecular weight excluding hydrogens is 829 g/mol. The number of ether oxygens (including phenoxy) is 8. The smallest absolute Gasteiger partial charge is 0.303 e. The summed E-state index contributed by atoms with van der Waals surface area (Å²) in [5.41, 5.74) is 0.705. The molecule has 10 atom stereocenters. The molecule has 326 valence electrons. The van der Waals surface area contributed by atoms with Crippen molar-refractivity contribution in [3.05, 3.63) is 71.8 Å². The summed E-state index contributed by atoms with van der Waals surface area (Å²) in [6.45, 7) is 4.02. The second-order valence-electron chi connectivity index (χ2n) is 13.6. The molecule has 59 heavy (non-hydrogen) atoms. The molecule has 2 heterocycles. The Kier molecular flexibility index (Phi) is 16.1. The summed E-state index contributed by atoms with van der Waals surface area (Å²) in [5, 5.41) is 11.4. The van der Waals surface area contributed by atoms with Crippen molar-refractivity contribution in [1.29, 1.82) is 0 Å². The third-order valence-corrected chi connectivity index (χ3v) is 10.9. The van der Waals surface area contributed by atoms with E-state index in [9.17, 15) is 45.9 Å². The van der Waals surface area contributed by atoms with E-state index in [0.29, 0.717) is 11.1 Å². The Labute approximate surface area is 340 Å². The lowest BCUT2D eigenvalue weighted by molar-refractivity contribution is -0.378. The van der Waals surface area contributed by atoms with Crippen molar-refractivity contribution in [2.24, 2.45) is 0 Å². The molecule has 2 aliphatic heterocycles. The van der Waals surface area contributed by atoms with Crippen LogP contribution in [0.15, 0.2) is 60.7 Å². The molecular formula is C37H46O20S2. The highest BCUT2D eigenvalue weighted by Gasteiger charge is 2.60. The van der Waals surface area contributed by atoms with Gasteiger partial charge in [0.15, 0.2) is 36.8 Å². The van der Waals surface area contributed by atoms with Gasteiger partial charge >= 0.3 is 29.8 Å². The van der Waals surface area contributed by atoms with Crippen LogP contribution in [0, 0.1) is 0 Å². The largest absolute Gasteiger partial charge is 0.456 e. The number of carbonyl (C=O) groups excluding carboxylic acids is 5.